The second-order valence-corrected chi connectivity index (χ2v) is 10.2. The number of fused-ring (bicyclic) bond motifs is 2. The summed E-state index contributed by atoms with van der Waals surface area (Å²) in [4.78, 5) is 5.04. The van der Waals surface area contributed by atoms with Crippen molar-refractivity contribution in [2.24, 2.45) is 21.1 Å². The van der Waals surface area contributed by atoms with Crippen molar-refractivity contribution in [2.45, 2.75) is 53.4 Å². The van der Waals surface area contributed by atoms with E-state index >= 15 is 0 Å². The van der Waals surface area contributed by atoms with Crippen LogP contribution in [0.15, 0.2) is 34.6 Å². The van der Waals surface area contributed by atoms with E-state index in [0.29, 0.717) is 29.3 Å². The first-order valence-corrected chi connectivity index (χ1v) is 10.3. The molecule has 152 valence electrons. The van der Waals surface area contributed by atoms with Crippen molar-refractivity contribution in [3.8, 4) is 11.1 Å². The zero-order valence-corrected chi connectivity index (χ0v) is 18.0. The molecule has 0 unspecified atom stereocenters. The fraction of sp³-hybridized carbons (Fsp3) is 0.435. The van der Waals surface area contributed by atoms with Crippen molar-refractivity contribution in [1.29, 1.82) is 0 Å². The Morgan fingerprint density at radius 3 is 1.62 bits per heavy atom. The SMILES string of the molecule is CC1(C)C/C(=N/O)c2c(nc3c(c2-c2ccc(Cl)cc2)/C(=N\O)CC(C)(C)C3)C1. The van der Waals surface area contributed by atoms with Gasteiger partial charge in [-0.25, -0.2) is 0 Å². The topological polar surface area (TPSA) is 78.1 Å². The third kappa shape index (κ3) is 3.52. The van der Waals surface area contributed by atoms with E-state index in [0.717, 1.165) is 46.5 Å². The van der Waals surface area contributed by atoms with Crippen LogP contribution in [0.1, 0.15) is 63.1 Å². The van der Waals surface area contributed by atoms with Crippen molar-refractivity contribution in [3.63, 3.8) is 0 Å². The standard InChI is InChI=1S/C23H26ClN3O2/c1-22(2)9-15-20(17(11-22)26-28)19(13-5-7-14(24)8-6-13)21-16(25-15)10-23(3,4)12-18(21)27-29/h5-8,28-29H,9-12H2,1-4H3/b26-17-,27-18-. The highest BCUT2D eigenvalue weighted by atomic mass is 35.5. The first-order valence-electron chi connectivity index (χ1n) is 9.88. The van der Waals surface area contributed by atoms with E-state index < -0.39 is 0 Å². The van der Waals surface area contributed by atoms with E-state index in [-0.39, 0.29) is 10.8 Å². The predicted molar refractivity (Wildman–Crippen MR) is 116 cm³/mol. The summed E-state index contributed by atoms with van der Waals surface area (Å²) in [5, 5.41) is 27.7. The summed E-state index contributed by atoms with van der Waals surface area (Å²) in [6.07, 6.45) is 2.88. The van der Waals surface area contributed by atoms with Gasteiger partial charge in [0.15, 0.2) is 0 Å². The number of halogens is 1. The molecule has 5 nitrogen and oxygen atoms in total. The van der Waals surface area contributed by atoms with E-state index in [4.69, 9.17) is 16.6 Å². The van der Waals surface area contributed by atoms with Crippen LogP contribution in [0.4, 0.5) is 0 Å². The molecule has 0 amide bonds. The summed E-state index contributed by atoms with van der Waals surface area (Å²) in [7, 11) is 0. The third-order valence-electron chi connectivity index (χ3n) is 5.88. The number of benzene rings is 1. The van der Waals surface area contributed by atoms with Crippen molar-refractivity contribution >= 4 is 23.0 Å². The second-order valence-electron chi connectivity index (χ2n) is 9.77. The average Bonchev–Trinajstić information content (AvgIpc) is 2.64. The summed E-state index contributed by atoms with van der Waals surface area (Å²) in [5.74, 6) is 0. The molecule has 2 N–H and O–H groups in total. The molecule has 2 aromatic rings. The van der Waals surface area contributed by atoms with Crippen LogP contribution in [0, 0.1) is 10.8 Å². The molecule has 6 heteroatoms. The fourth-order valence-corrected chi connectivity index (χ4v) is 4.88. The van der Waals surface area contributed by atoms with Gasteiger partial charge in [-0.2, -0.15) is 0 Å². The molecule has 0 spiro atoms. The molecule has 2 aliphatic carbocycles. The highest BCUT2D eigenvalue weighted by Crippen LogP contribution is 2.45. The summed E-state index contributed by atoms with van der Waals surface area (Å²) in [5.41, 5.74) is 6.61. The molecule has 0 atom stereocenters. The second kappa shape index (κ2) is 6.84. The number of hydrogen-bond acceptors (Lipinski definition) is 5. The van der Waals surface area contributed by atoms with E-state index in [1.807, 2.05) is 24.3 Å². The largest absolute Gasteiger partial charge is 0.411 e. The van der Waals surface area contributed by atoms with Crippen molar-refractivity contribution in [1.82, 2.24) is 4.98 Å². The maximum absolute atomic E-state index is 9.86. The normalized spacial score (nSPS) is 22.4. The Kier molecular flexibility index (Phi) is 4.69. The van der Waals surface area contributed by atoms with E-state index in [2.05, 4.69) is 38.0 Å². The number of pyridine rings is 1. The average molecular weight is 412 g/mol. The quantitative estimate of drug-likeness (QED) is 0.466. The van der Waals surface area contributed by atoms with Gasteiger partial charge in [0.2, 0.25) is 0 Å². The lowest BCUT2D eigenvalue weighted by atomic mass is 9.69. The Hall–Kier alpha value is -2.40. The van der Waals surface area contributed by atoms with Crippen LogP contribution in [0.3, 0.4) is 0 Å². The molecule has 0 bridgehead atoms. The fourth-order valence-electron chi connectivity index (χ4n) is 4.76. The molecule has 0 radical (unpaired) electrons. The maximum Gasteiger partial charge on any atom is 0.0898 e. The molecule has 0 fully saturated rings. The van der Waals surface area contributed by atoms with Gasteiger partial charge in [-0.1, -0.05) is 61.7 Å². The van der Waals surface area contributed by atoms with Crippen LogP contribution < -0.4 is 0 Å². The molecule has 4 rings (SSSR count). The Morgan fingerprint density at radius 2 is 1.21 bits per heavy atom. The van der Waals surface area contributed by atoms with Gasteiger partial charge >= 0.3 is 0 Å². The lowest BCUT2D eigenvalue weighted by Crippen LogP contribution is -2.34. The molecular weight excluding hydrogens is 386 g/mol. The molecule has 0 saturated heterocycles. The number of oxime groups is 2. The number of nitrogens with zero attached hydrogens (tertiary/aromatic N) is 3. The lowest BCUT2D eigenvalue weighted by Gasteiger charge is -2.37. The maximum atomic E-state index is 9.86. The van der Waals surface area contributed by atoms with Crippen molar-refractivity contribution < 1.29 is 10.4 Å². The van der Waals surface area contributed by atoms with Crippen LogP contribution >= 0.6 is 11.6 Å². The van der Waals surface area contributed by atoms with Crippen LogP contribution in [-0.2, 0) is 12.8 Å². The summed E-state index contributed by atoms with van der Waals surface area (Å²) >= 11 is 6.13. The molecule has 0 saturated carbocycles. The van der Waals surface area contributed by atoms with E-state index in [9.17, 15) is 10.4 Å². The number of hydrogen-bond donors (Lipinski definition) is 2. The Balaban J connectivity index is 2.10. The minimum Gasteiger partial charge on any atom is -0.411 e. The highest BCUT2D eigenvalue weighted by molar-refractivity contribution is 6.30. The summed E-state index contributed by atoms with van der Waals surface area (Å²) in [6, 6.07) is 7.62. The Labute approximate surface area is 176 Å². The molecule has 1 aromatic carbocycles. The molecular formula is C23H26ClN3O2. The smallest absolute Gasteiger partial charge is 0.0898 e. The van der Waals surface area contributed by atoms with Crippen LogP contribution in [-0.4, -0.2) is 26.8 Å². The van der Waals surface area contributed by atoms with Crippen LogP contribution in [0.25, 0.3) is 11.1 Å². The van der Waals surface area contributed by atoms with Crippen molar-refractivity contribution in [2.75, 3.05) is 0 Å². The van der Waals surface area contributed by atoms with Gasteiger partial charge in [-0.3, -0.25) is 4.98 Å². The Bertz CT molecular complexity index is 979. The van der Waals surface area contributed by atoms with Crippen LogP contribution in [0.2, 0.25) is 5.02 Å². The van der Waals surface area contributed by atoms with Gasteiger partial charge < -0.3 is 10.4 Å². The minimum atomic E-state index is -0.0504. The van der Waals surface area contributed by atoms with Gasteiger partial charge in [0, 0.05) is 21.7 Å². The third-order valence-corrected chi connectivity index (χ3v) is 6.13. The lowest BCUT2D eigenvalue weighted by molar-refractivity contribution is 0.303. The van der Waals surface area contributed by atoms with E-state index in [1.54, 1.807) is 0 Å². The van der Waals surface area contributed by atoms with Gasteiger partial charge in [0.1, 0.15) is 0 Å². The predicted octanol–water partition coefficient (Wildman–Crippen LogP) is 5.70. The van der Waals surface area contributed by atoms with Gasteiger partial charge in [-0.15, -0.1) is 0 Å². The summed E-state index contributed by atoms with van der Waals surface area (Å²) in [6.45, 7) is 8.65. The molecule has 1 aromatic heterocycles. The number of aromatic nitrogens is 1. The summed E-state index contributed by atoms with van der Waals surface area (Å²) < 4.78 is 0. The van der Waals surface area contributed by atoms with E-state index in [1.165, 1.54) is 0 Å². The molecule has 2 aliphatic rings. The molecule has 29 heavy (non-hydrogen) atoms. The van der Waals surface area contributed by atoms with Crippen LogP contribution in [0.5, 0.6) is 0 Å². The van der Waals surface area contributed by atoms with Crippen molar-refractivity contribution in [3.05, 3.63) is 51.8 Å². The monoisotopic (exact) mass is 411 g/mol. The highest BCUT2D eigenvalue weighted by Gasteiger charge is 2.39. The minimum absolute atomic E-state index is 0.0504. The van der Waals surface area contributed by atoms with Gasteiger partial charge in [0.05, 0.1) is 22.8 Å². The molecule has 0 aliphatic heterocycles. The number of rotatable bonds is 1. The first kappa shape index (κ1) is 19.9. The first-order chi connectivity index (χ1) is 13.6. The zero-order valence-electron chi connectivity index (χ0n) is 17.3. The van der Waals surface area contributed by atoms with Gasteiger partial charge in [0.25, 0.3) is 0 Å². The Morgan fingerprint density at radius 1 is 0.759 bits per heavy atom. The van der Waals surface area contributed by atoms with Gasteiger partial charge in [-0.05, 0) is 54.2 Å². The zero-order chi connectivity index (χ0) is 21.0. The molecule has 1 heterocycles.